The number of thioether (sulfide) groups is 2. The van der Waals surface area contributed by atoms with Crippen LogP contribution in [0.25, 0.3) is 22.4 Å². The molecule has 24 heavy (non-hydrogen) atoms. The first-order chi connectivity index (χ1) is 11.6. The van der Waals surface area contributed by atoms with Crippen molar-refractivity contribution >= 4 is 39.5 Å². The van der Waals surface area contributed by atoms with Crippen LogP contribution in [0.2, 0.25) is 0 Å². The van der Waals surface area contributed by atoms with Crippen molar-refractivity contribution in [2.45, 2.75) is 9.92 Å². The van der Waals surface area contributed by atoms with Crippen LogP contribution >= 0.6 is 39.5 Å². The fourth-order valence-corrected chi connectivity index (χ4v) is 3.92. The molecule has 1 heterocycles. The second-order valence-electron chi connectivity index (χ2n) is 4.96. The first-order valence-corrected chi connectivity index (χ1v) is 10.4. The maximum absolute atomic E-state index is 9.98. The average molecular weight is 419 g/mol. The molecule has 0 bridgehead atoms. The zero-order valence-electron chi connectivity index (χ0n) is 13.2. The Morgan fingerprint density at radius 3 is 2.25 bits per heavy atom. The van der Waals surface area contributed by atoms with Crippen LogP contribution in [0.15, 0.2) is 62.9 Å². The Kier molecular flexibility index (Phi) is 5.48. The molecular formula is C18H15BrN2OS2. The van der Waals surface area contributed by atoms with Crippen LogP contribution in [-0.2, 0) is 0 Å². The SMILES string of the molecule is CSc1ccc(-c2nc(O)nc(SC)c2-c2ccccc2Br)cc1. The Labute approximate surface area is 158 Å². The van der Waals surface area contributed by atoms with Crippen molar-refractivity contribution in [1.82, 2.24) is 9.97 Å². The van der Waals surface area contributed by atoms with Gasteiger partial charge in [0.15, 0.2) is 0 Å². The van der Waals surface area contributed by atoms with Crippen molar-refractivity contribution in [3.05, 3.63) is 53.0 Å². The van der Waals surface area contributed by atoms with E-state index < -0.39 is 0 Å². The van der Waals surface area contributed by atoms with E-state index >= 15 is 0 Å². The molecule has 0 atom stereocenters. The van der Waals surface area contributed by atoms with Crippen molar-refractivity contribution in [2.24, 2.45) is 0 Å². The number of benzene rings is 2. The summed E-state index contributed by atoms with van der Waals surface area (Å²) in [6.45, 7) is 0. The second-order valence-corrected chi connectivity index (χ2v) is 7.49. The standard InChI is InChI=1S/C18H15BrN2OS2/c1-23-12-9-7-11(8-10-12)16-15(13-5-3-4-6-14(13)19)17(24-2)21-18(22)20-16/h3-10H,1-2H3,(H,20,21,22). The van der Waals surface area contributed by atoms with E-state index in [2.05, 4.69) is 38.0 Å². The van der Waals surface area contributed by atoms with Gasteiger partial charge in [-0.1, -0.05) is 46.3 Å². The van der Waals surface area contributed by atoms with Gasteiger partial charge >= 0.3 is 6.01 Å². The first-order valence-electron chi connectivity index (χ1n) is 7.18. The molecule has 0 aliphatic rings. The van der Waals surface area contributed by atoms with Gasteiger partial charge in [0, 0.05) is 26.1 Å². The number of halogens is 1. The number of aromatic hydroxyl groups is 1. The molecule has 0 radical (unpaired) electrons. The smallest absolute Gasteiger partial charge is 0.315 e. The maximum Gasteiger partial charge on any atom is 0.315 e. The second kappa shape index (κ2) is 7.59. The van der Waals surface area contributed by atoms with E-state index in [0.29, 0.717) is 0 Å². The van der Waals surface area contributed by atoms with Crippen molar-refractivity contribution < 1.29 is 5.11 Å². The van der Waals surface area contributed by atoms with Crippen LogP contribution in [0, 0.1) is 0 Å². The molecule has 3 nitrogen and oxygen atoms in total. The summed E-state index contributed by atoms with van der Waals surface area (Å²) in [7, 11) is 0. The summed E-state index contributed by atoms with van der Waals surface area (Å²) in [5.74, 6) is 0. The Balaban J connectivity index is 2.28. The molecule has 6 heteroatoms. The molecule has 0 aliphatic heterocycles. The summed E-state index contributed by atoms with van der Waals surface area (Å²) in [6, 6.07) is 15.9. The van der Waals surface area contributed by atoms with Gasteiger partial charge in [-0.2, -0.15) is 9.97 Å². The summed E-state index contributed by atoms with van der Waals surface area (Å²) >= 11 is 6.80. The van der Waals surface area contributed by atoms with Gasteiger partial charge < -0.3 is 5.11 Å². The van der Waals surface area contributed by atoms with Gasteiger partial charge in [0.05, 0.1) is 5.69 Å². The van der Waals surface area contributed by atoms with Gasteiger partial charge in [0.2, 0.25) is 0 Å². The topological polar surface area (TPSA) is 46.0 Å². The van der Waals surface area contributed by atoms with E-state index in [-0.39, 0.29) is 6.01 Å². The van der Waals surface area contributed by atoms with E-state index in [0.717, 1.165) is 31.9 Å². The quantitative estimate of drug-likeness (QED) is 0.433. The minimum Gasteiger partial charge on any atom is -0.479 e. The number of hydrogen-bond donors (Lipinski definition) is 1. The van der Waals surface area contributed by atoms with Gasteiger partial charge in [-0.3, -0.25) is 0 Å². The predicted molar refractivity (Wildman–Crippen MR) is 106 cm³/mol. The third kappa shape index (κ3) is 3.45. The summed E-state index contributed by atoms with van der Waals surface area (Å²) in [5.41, 5.74) is 3.61. The van der Waals surface area contributed by atoms with Gasteiger partial charge in [-0.25, -0.2) is 0 Å². The fraction of sp³-hybridized carbons (Fsp3) is 0.111. The van der Waals surface area contributed by atoms with E-state index in [9.17, 15) is 5.11 Å². The number of aromatic nitrogens is 2. The highest BCUT2D eigenvalue weighted by Crippen LogP contribution is 2.40. The molecule has 0 saturated carbocycles. The normalized spacial score (nSPS) is 10.8. The first kappa shape index (κ1) is 17.3. The van der Waals surface area contributed by atoms with Gasteiger partial charge in [0.1, 0.15) is 5.03 Å². The lowest BCUT2D eigenvalue weighted by Crippen LogP contribution is -1.96. The van der Waals surface area contributed by atoms with Gasteiger partial charge in [-0.05, 0) is 30.7 Å². The lowest BCUT2D eigenvalue weighted by atomic mass is 10.0. The zero-order valence-corrected chi connectivity index (χ0v) is 16.4. The molecule has 122 valence electrons. The van der Waals surface area contributed by atoms with Crippen LogP contribution in [0.4, 0.5) is 0 Å². The highest BCUT2D eigenvalue weighted by molar-refractivity contribution is 9.10. The Morgan fingerprint density at radius 2 is 1.62 bits per heavy atom. The van der Waals surface area contributed by atoms with Crippen molar-refractivity contribution in [1.29, 1.82) is 0 Å². The molecule has 0 saturated heterocycles. The molecule has 3 aromatic rings. The van der Waals surface area contributed by atoms with Crippen LogP contribution < -0.4 is 0 Å². The summed E-state index contributed by atoms with van der Waals surface area (Å²) in [4.78, 5) is 9.72. The van der Waals surface area contributed by atoms with E-state index in [1.54, 1.807) is 11.8 Å². The maximum atomic E-state index is 9.98. The molecule has 0 amide bonds. The molecule has 0 unspecified atom stereocenters. The Bertz CT molecular complexity index is 869. The molecule has 1 aromatic heterocycles. The number of nitrogens with zero attached hydrogens (tertiary/aromatic N) is 2. The number of rotatable bonds is 4. The third-order valence-corrected chi connectivity index (χ3v) is 5.68. The lowest BCUT2D eigenvalue weighted by molar-refractivity contribution is 0.426. The summed E-state index contributed by atoms with van der Waals surface area (Å²) in [6.07, 6.45) is 3.99. The third-order valence-electron chi connectivity index (χ3n) is 3.56. The molecule has 0 spiro atoms. The highest BCUT2D eigenvalue weighted by atomic mass is 79.9. The summed E-state index contributed by atoms with van der Waals surface area (Å²) < 4.78 is 0.969. The van der Waals surface area contributed by atoms with E-state index in [4.69, 9.17) is 0 Å². The molecular weight excluding hydrogens is 404 g/mol. The van der Waals surface area contributed by atoms with E-state index in [1.165, 1.54) is 16.7 Å². The number of hydrogen-bond acceptors (Lipinski definition) is 5. The van der Waals surface area contributed by atoms with Crippen LogP contribution in [-0.4, -0.2) is 27.6 Å². The monoisotopic (exact) mass is 418 g/mol. The molecule has 1 N–H and O–H groups in total. The zero-order chi connectivity index (χ0) is 17.1. The largest absolute Gasteiger partial charge is 0.479 e. The highest BCUT2D eigenvalue weighted by Gasteiger charge is 2.19. The van der Waals surface area contributed by atoms with Crippen molar-refractivity contribution in [2.75, 3.05) is 12.5 Å². The minimum atomic E-state index is -0.209. The summed E-state index contributed by atoms with van der Waals surface area (Å²) in [5, 5.41) is 10.7. The van der Waals surface area contributed by atoms with Crippen LogP contribution in [0.1, 0.15) is 0 Å². The Hall–Kier alpha value is -1.50. The Morgan fingerprint density at radius 1 is 0.917 bits per heavy atom. The van der Waals surface area contributed by atoms with Gasteiger partial charge in [0.25, 0.3) is 0 Å². The fourth-order valence-electron chi connectivity index (χ4n) is 2.44. The molecule has 2 aromatic carbocycles. The molecule has 0 aliphatic carbocycles. The minimum absolute atomic E-state index is 0.209. The predicted octanol–water partition coefficient (Wildman–Crippen LogP) is 5.72. The molecule has 0 fully saturated rings. The van der Waals surface area contributed by atoms with E-state index in [1.807, 2.05) is 48.9 Å². The molecule has 3 rings (SSSR count). The van der Waals surface area contributed by atoms with Gasteiger partial charge in [-0.15, -0.1) is 23.5 Å². The van der Waals surface area contributed by atoms with Crippen LogP contribution in [0.5, 0.6) is 6.01 Å². The average Bonchev–Trinajstić information content (AvgIpc) is 2.62. The van der Waals surface area contributed by atoms with Crippen LogP contribution in [0.3, 0.4) is 0 Å². The van der Waals surface area contributed by atoms with Crippen molar-refractivity contribution in [3.63, 3.8) is 0 Å². The lowest BCUT2D eigenvalue weighted by Gasteiger charge is -2.14. The van der Waals surface area contributed by atoms with Crippen molar-refractivity contribution in [3.8, 4) is 28.4 Å².